The van der Waals surface area contributed by atoms with Gasteiger partial charge in [0, 0.05) is 10.0 Å². The fraction of sp³-hybridized carbons (Fsp3) is 0.133. The second kappa shape index (κ2) is 6.54. The summed E-state index contributed by atoms with van der Waals surface area (Å²) in [5.74, 6) is -2.21. The maximum absolute atomic E-state index is 13.2. The van der Waals surface area contributed by atoms with E-state index in [1.165, 1.54) is 12.1 Å². The summed E-state index contributed by atoms with van der Waals surface area (Å²) in [5, 5.41) is 3.12. The molecule has 0 aliphatic rings. The third-order valence-corrected chi connectivity index (χ3v) is 4.21. The summed E-state index contributed by atoms with van der Waals surface area (Å²) in [5.41, 5.74) is 0.864. The van der Waals surface area contributed by atoms with E-state index in [-0.39, 0.29) is 5.91 Å². The van der Waals surface area contributed by atoms with E-state index in [0.29, 0.717) is 20.6 Å². The van der Waals surface area contributed by atoms with Gasteiger partial charge in [0.1, 0.15) is 0 Å². The summed E-state index contributed by atoms with van der Waals surface area (Å²) in [6.07, 6.45) is 0. The van der Waals surface area contributed by atoms with E-state index in [0.717, 1.165) is 12.1 Å². The van der Waals surface area contributed by atoms with Crippen LogP contribution in [-0.4, -0.2) is 5.91 Å². The molecule has 21 heavy (non-hydrogen) atoms. The van der Waals surface area contributed by atoms with Gasteiger partial charge in [-0.3, -0.25) is 4.79 Å². The first kappa shape index (κ1) is 15.9. The van der Waals surface area contributed by atoms with Crippen molar-refractivity contribution < 1.29 is 13.6 Å². The zero-order chi connectivity index (χ0) is 15.6. The lowest BCUT2D eigenvalue weighted by Gasteiger charge is -2.15. The van der Waals surface area contributed by atoms with Crippen LogP contribution in [0.5, 0.6) is 0 Å². The molecule has 0 heterocycles. The van der Waals surface area contributed by atoms with Gasteiger partial charge in [0.2, 0.25) is 0 Å². The Morgan fingerprint density at radius 3 is 2.52 bits per heavy atom. The molecule has 0 saturated carbocycles. The Morgan fingerprint density at radius 2 is 1.90 bits per heavy atom. The molecule has 0 radical (unpaired) electrons. The molecule has 6 heteroatoms. The Balaban J connectivity index is 2.14. The van der Waals surface area contributed by atoms with Crippen molar-refractivity contribution in [3.63, 3.8) is 0 Å². The van der Waals surface area contributed by atoms with Crippen LogP contribution in [-0.2, 0) is 0 Å². The van der Waals surface area contributed by atoms with Crippen LogP contribution in [0, 0.1) is 11.6 Å². The highest BCUT2D eigenvalue weighted by molar-refractivity contribution is 9.10. The van der Waals surface area contributed by atoms with Crippen molar-refractivity contribution in [1.82, 2.24) is 5.32 Å². The molecule has 1 unspecified atom stereocenters. The van der Waals surface area contributed by atoms with Gasteiger partial charge in [0.15, 0.2) is 11.6 Å². The number of benzene rings is 2. The number of hydrogen-bond donors (Lipinski definition) is 1. The van der Waals surface area contributed by atoms with Gasteiger partial charge >= 0.3 is 0 Å². The highest BCUT2D eigenvalue weighted by Gasteiger charge is 2.14. The second-order valence-corrected chi connectivity index (χ2v) is 5.76. The number of hydrogen-bond acceptors (Lipinski definition) is 1. The van der Waals surface area contributed by atoms with Crippen LogP contribution in [0.3, 0.4) is 0 Å². The van der Waals surface area contributed by atoms with Crippen LogP contribution in [0.15, 0.2) is 40.9 Å². The number of amides is 1. The second-order valence-electron chi connectivity index (χ2n) is 4.50. The molecule has 110 valence electrons. The summed E-state index contributed by atoms with van der Waals surface area (Å²) >= 11 is 9.17. The van der Waals surface area contributed by atoms with Crippen LogP contribution < -0.4 is 5.32 Å². The molecule has 0 fully saturated rings. The standard InChI is InChI=1S/C15H11BrClF2NO/c1-8(9-3-5-13(18)14(19)7-9)20-15(21)10-2-4-11(16)12(17)6-10/h2-8H,1H3,(H,20,21). The van der Waals surface area contributed by atoms with E-state index >= 15 is 0 Å². The lowest BCUT2D eigenvalue weighted by atomic mass is 10.1. The van der Waals surface area contributed by atoms with E-state index in [2.05, 4.69) is 21.2 Å². The first-order chi connectivity index (χ1) is 9.88. The Bertz CT molecular complexity index is 693. The van der Waals surface area contributed by atoms with Crippen LogP contribution in [0.25, 0.3) is 0 Å². The smallest absolute Gasteiger partial charge is 0.251 e. The minimum atomic E-state index is -0.944. The summed E-state index contributed by atoms with van der Waals surface area (Å²) < 4.78 is 26.8. The molecule has 0 bridgehead atoms. The monoisotopic (exact) mass is 373 g/mol. The number of halogens is 4. The fourth-order valence-electron chi connectivity index (χ4n) is 1.78. The Hall–Kier alpha value is -1.46. The molecule has 0 saturated heterocycles. The summed E-state index contributed by atoms with van der Waals surface area (Å²) in [4.78, 5) is 12.1. The molecule has 1 amide bonds. The lowest BCUT2D eigenvalue weighted by molar-refractivity contribution is 0.0940. The molecule has 1 N–H and O–H groups in total. The maximum atomic E-state index is 13.2. The van der Waals surface area contributed by atoms with Gasteiger partial charge in [-0.1, -0.05) is 17.7 Å². The van der Waals surface area contributed by atoms with Crippen molar-refractivity contribution in [1.29, 1.82) is 0 Å². The molecule has 0 aromatic heterocycles. The van der Waals surface area contributed by atoms with Gasteiger partial charge < -0.3 is 5.32 Å². The van der Waals surface area contributed by atoms with E-state index < -0.39 is 17.7 Å². The summed E-state index contributed by atoms with van der Waals surface area (Å²) in [7, 11) is 0. The fourth-order valence-corrected chi connectivity index (χ4v) is 2.21. The topological polar surface area (TPSA) is 29.1 Å². The predicted octanol–water partition coefficient (Wildman–Crippen LogP) is 4.87. The van der Waals surface area contributed by atoms with Crippen molar-refractivity contribution in [2.24, 2.45) is 0 Å². The molecule has 1 atom stereocenters. The number of carbonyl (C=O) groups is 1. The Kier molecular flexibility index (Phi) is 4.96. The minimum Gasteiger partial charge on any atom is -0.346 e. The maximum Gasteiger partial charge on any atom is 0.251 e. The predicted molar refractivity (Wildman–Crippen MR) is 81.4 cm³/mol. The average molecular weight is 375 g/mol. The number of carbonyl (C=O) groups excluding carboxylic acids is 1. The lowest BCUT2D eigenvalue weighted by Crippen LogP contribution is -2.26. The summed E-state index contributed by atoms with van der Waals surface area (Å²) in [6, 6.07) is 7.87. The first-order valence-electron chi connectivity index (χ1n) is 6.09. The highest BCUT2D eigenvalue weighted by Crippen LogP contribution is 2.23. The van der Waals surface area contributed by atoms with Crippen LogP contribution in [0.1, 0.15) is 28.9 Å². The highest BCUT2D eigenvalue weighted by atomic mass is 79.9. The first-order valence-corrected chi connectivity index (χ1v) is 7.26. The molecule has 0 aliphatic heterocycles. The van der Waals surface area contributed by atoms with E-state index in [4.69, 9.17) is 11.6 Å². The normalized spacial score (nSPS) is 12.0. The van der Waals surface area contributed by atoms with Gasteiger partial charge in [-0.05, 0) is 58.7 Å². The van der Waals surface area contributed by atoms with Gasteiger partial charge in [-0.15, -0.1) is 0 Å². The Morgan fingerprint density at radius 1 is 1.19 bits per heavy atom. The SMILES string of the molecule is CC(NC(=O)c1ccc(Br)c(Cl)c1)c1ccc(F)c(F)c1. The molecule has 0 spiro atoms. The van der Waals surface area contributed by atoms with Crippen molar-refractivity contribution >= 4 is 33.4 Å². The number of nitrogens with one attached hydrogen (secondary N) is 1. The largest absolute Gasteiger partial charge is 0.346 e. The van der Waals surface area contributed by atoms with Gasteiger partial charge in [0.25, 0.3) is 5.91 Å². The molecule has 2 rings (SSSR count). The molecular formula is C15H11BrClF2NO. The van der Waals surface area contributed by atoms with Crippen molar-refractivity contribution in [2.45, 2.75) is 13.0 Å². The van der Waals surface area contributed by atoms with Crippen LogP contribution in [0.2, 0.25) is 5.02 Å². The van der Waals surface area contributed by atoms with E-state index in [1.54, 1.807) is 19.1 Å². The van der Waals surface area contributed by atoms with Gasteiger partial charge in [-0.25, -0.2) is 8.78 Å². The van der Waals surface area contributed by atoms with Crippen molar-refractivity contribution in [3.05, 3.63) is 68.7 Å². The summed E-state index contributed by atoms with van der Waals surface area (Å²) in [6.45, 7) is 1.69. The number of rotatable bonds is 3. The van der Waals surface area contributed by atoms with Crippen LogP contribution >= 0.6 is 27.5 Å². The van der Waals surface area contributed by atoms with E-state index in [1.807, 2.05) is 0 Å². The molecule has 2 aromatic rings. The Labute approximate surface area is 134 Å². The third kappa shape index (κ3) is 3.80. The average Bonchev–Trinajstić information content (AvgIpc) is 2.44. The zero-order valence-electron chi connectivity index (χ0n) is 11.0. The van der Waals surface area contributed by atoms with Gasteiger partial charge in [-0.2, -0.15) is 0 Å². The quantitative estimate of drug-likeness (QED) is 0.816. The van der Waals surface area contributed by atoms with Gasteiger partial charge in [0.05, 0.1) is 11.1 Å². The molecule has 0 aliphatic carbocycles. The third-order valence-electron chi connectivity index (χ3n) is 2.97. The zero-order valence-corrected chi connectivity index (χ0v) is 13.3. The minimum absolute atomic E-state index is 0.346. The molecule has 2 nitrogen and oxygen atoms in total. The van der Waals surface area contributed by atoms with Crippen molar-refractivity contribution in [2.75, 3.05) is 0 Å². The van der Waals surface area contributed by atoms with E-state index in [9.17, 15) is 13.6 Å². The van der Waals surface area contributed by atoms with Crippen molar-refractivity contribution in [3.8, 4) is 0 Å². The van der Waals surface area contributed by atoms with Crippen LogP contribution in [0.4, 0.5) is 8.78 Å². The molecule has 2 aromatic carbocycles. The molecular weight excluding hydrogens is 364 g/mol.